The fraction of sp³-hybridized carbons (Fsp3) is 0.364. The zero-order chi connectivity index (χ0) is 13.7. The van der Waals surface area contributed by atoms with Gasteiger partial charge in [-0.2, -0.15) is 0 Å². The third-order valence-corrected chi connectivity index (χ3v) is 3.66. The van der Waals surface area contributed by atoms with Crippen molar-refractivity contribution in [1.82, 2.24) is 10.3 Å². The summed E-state index contributed by atoms with van der Waals surface area (Å²) in [6, 6.07) is 2.65. The fourth-order valence-corrected chi connectivity index (χ4v) is 1.43. The number of carbonyl (C=O) groups is 2. The number of aromatic carboxylic acids is 1. The van der Waals surface area contributed by atoms with Crippen molar-refractivity contribution in [2.24, 2.45) is 0 Å². The van der Waals surface area contributed by atoms with E-state index in [9.17, 15) is 13.8 Å². The van der Waals surface area contributed by atoms with E-state index in [0.717, 1.165) is 0 Å². The molecule has 0 aromatic carbocycles. The van der Waals surface area contributed by atoms with Gasteiger partial charge in [0.05, 0.1) is 5.56 Å². The first-order chi connectivity index (χ1) is 8.41. The van der Waals surface area contributed by atoms with Crippen LogP contribution < -0.4 is 5.32 Å². The summed E-state index contributed by atoms with van der Waals surface area (Å²) >= 11 is 0. The molecule has 1 rings (SSSR count). The lowest BCUT2D eigenvalue weighted by molar-refractivity contribution is 0.0689. The first-order valence-corrected chi connectivity index (χ1v) is 6.83. The van der Waals surface area contributed by atoms with Crippen molar-refractivity contribution in [2.75, 3.05) is 12.8 Å². The lowest BCUT2D eigenvalue weighted by atomic mass is 10.2. The maximum absolute atomic E-state index is 11.7. The number of carboxylic acids is 1. The molecule has 0 radical (unpaired) electrons. The minimum absolute atomic E-state index is 0.116. The molecule has 0 fully saturated rings. The van der Waals surface area contributed by atoms with Crippen LogP contribution in [0.15, 0.2) is 18.3 Å². The Balaban J connectivity index is 2.62. The molecule has 0 aliphatic carbocycles. The molecule has 98 valence electrons. The summed E-state index contributed by atoms with van der Waals surface area (Å²) in [6.07, 6.45) is 2.77. The number of nitrogens with one attached hydrogen (secondary N) is 1. The Morgan fingerprint density at radius 2 is 2.17 bits per heavy atom. The predicted octanol–water partition coefficient (Wildman–Crippen LogP) is 0.277. The second-order valence-corrected chi connectivity index (χ2v) is 5.56. The van der Waals surface area contributed by atoms with Crippen molar-refractivity contribution < 1.29 is 18.9 Å². The number of pyridine rings is 1. The van der Waals surface area contributed by atoms with Gasteiger partial charge in [-0.15, -0.1) is 0 Å². The van der Waals surface area contributed by atoms with E-state index < -0.39 is 16.8 Å². The number of carbonyl (C=O) groups excluding carboxylic acids is 1. The van der Waals surface area contributed by atoms with E-state index in [1.807, 2.05) is 0 Å². The molecule has 0 saturated heterocycles. The maximum Gasteiger partial charge on any atom is 0.354 e. The topological polar surface area (TPSA) is 96.4 Å². The van der Waals surface area contributed by atoms with Crippen LogP contribution in [0.3, 0.4) is 0 Å². The van der Waals surface area contributed by atoms with Crippen molar-refractivity contribution >= 4 is 22.7 Å². The maximum atomic E-state index is 11.7. The summed E-state index contributed by atoms with van der Waals surface area (Å²) in [5.41, 5.74) is 0.156. The summed E-state index contributed by atoms with van der Waals surface area (Å²) in [6.45, 7) is 2.06. The van der Waals surface area contributed by atoms with Gasteiger partial charge in [0, 0.05) is 35.0 Å². The summed E-state index contributed by atoms with van der Waals surface area (Å²) in [5.74, 6) is -1.51. The van der Waals surface area contributed by atoms with Gasteiger partial charge in [0.2, 0.25) is 0 Å². The number of aromatic nitrogens is 1. The van der Waals surface area contributed by atoms with Crippen LogP contribution in [0.1, 0.15) is 27.8 Å². The van der Waals surface area contributed by atoms with Crippen LogP contribution in [0, 0.1) is 0 Å². The average molecular weight is 270 g/mol. The normalized spacial score (nSPS) is 13.7. The Morgan fingerprint density at radius 1 is 1.50 bits per heavy atom. The van der Waals surface area contributed by atoms with Crippen molar-refractivity contribution in [3.8, 4) is 0 Å². The highest BCUT2D eigenvalue weighted by molar-refractivity contribution is 7.84. The number of amides is 1. The molecule has 1 heterocycles. The van der Waals surface area contributed by atoms with E-state index in [1.165, 1.54) is 18.3 Å². The van der Waals surface area contributed by atoms with E-state index in [2.05, 4.69) is 10.3 Å². The van der Waals surface area contributed by atoms with Crippen molar-refractivity contribution in [3.05, 3.63) is 29.6 Å². The van der Waals surface area contributed by atoms with Gasteiger partial charge in [-0.1, -0.05) is 0 Å². The lowest BCUT2D eigenvalue weighted by Gasteiger charge is -2.09. The van der Waals surface area contributed by atoms with Gasteiger partial charge in [0.1, 0.15) is 5.69 Å². The number of carboxylic acid groups (broad SMARTS) is 1. The van der Waals surface area contributed by atoms with Crippen molar-refractivity contribution in [2.45, 2.75) is 12.2 Å². The molecular formula is C11H14N2O4S. The summed E-state index contributed by atoms with van der Waals surface area (Å²) in [4.78, 5) is 25.9. The minimum atomic E-state index is -1.14. The molecule has 1 amide bonds. The van der Waals surface area contributed by atoms with Gasteiger partial charge in [0.25, 0.3) is 5.91 Å². The standard InChI is InChI=1S/C11H14N2O4S/c1-7(18(2)17)5-13-10(14)8-3-4-9(11(15)16)12-6-8/h3-4,6-7H,5H2,1-2H3,(H,13,14)(H,15,16). The first-order valence-electron chi connectivity index (χ1n) is 5.21. The van der Waals surface area contributed by atoms with Crippen molar-refractivity contribution in [3.63, 3.8) is 0 Å². The van der Waals surface area contributed by atoms with Crippen LogP contribution in [0.4, 0.5) is 0 Å². The number of hydrogen-bond acceptors (Lipinski definition) is 4. The lowest BCUT2D eigenvalue weighted by Crippen LogP contribution is -2.32. The Hall–Kier alpha value is -1.76. The molecule has 0 aliphatic rings. The average Bonchev–Trinajstić information content (AvgIpc) is 2.35. The molecule has 2 N–H and O–H groups in total. The molecule has 1 aromatic heterocycles. The molecule has 0 saturated carbocycles. The van der Waals surface area contributed by atoms with E-state index in [0.29, 0.717) is 6.54 Å². The quantitative estimate of drug-likeness (QED) is 0.801. The molecule has 2 atom stereocenters. The molecule has 7 heteroatoms. The van der Waals surface area contributed by atoms with E-state index >= 15 is 0 Å². The van der Waals surface area contributed by atoms with Crippen LogP contribution in [0.2, 0.25) is 0 Å². The Morgan fingerprint density at radius 3 is 2.61 bits per heavy atom. The Bertz CT molecular complexity index is 472. The van der Waals surface area contributed by atoms with Crippen LogP contribution in [-0.4, -0.2) is 44.2 Å². The van der Waals surface area contributed by atoms with Gasteiger partial charge < -0.3 is 10.4 Å². The van der Waals surface area contributed by atoms with Gasteiger partial charge >= 0.3 is 5.97 Å². The van der Waals surface area contributed by atoms with E-state index in [1.54, 1.807) is 13.2 Å². The van der Waals surface area contributed by atoms with Gasteiger partial charge in [-0.25, -0.2) is 9.78 Å². The van der Waals surface area contributed by atoms with E-state index in [-0.39, 0.29) is 22.4 Å². The number of hydrogen-bond donors (Lipinski definition) is 2. The third-order valence-electron chi connectivity index (χ3n) is 2.36. The monoisotopic (exact) mass is 270 g/mol. The van der Waals surface area contributed by atoms with Gasteiger partial charge in [0.15, 0.2) is 0 Å². The van der Waals surface area contributed by atoms with Crippen molar-refractivity contribution in [1.29, 1.82) is 0 Å². The second kappa shape index (κ2) is 6.25. The second-order valence-electron chi connectivity index (χ2n) is 3.76. The highest BCUT2D eigenvalue weighted by atomic mass is 32.2. The minimum Gasteiger partial charge on any atom is -0.477 e. The summed E-state index contributed by atoms with van der Waals surface area (Å²) < 4.78 is 11.1. The van der Waals surface area contributed by atoms with Crippen LogP contribution in [0.5, 0.6) is 0 Å². The molecule has 2 unspecified atom stereocenters. The van der Waals surface area contributed by atoms with Crippen LogP contribution in [0.25, 0.3) is 0 Å². The third kappa shape index (κ3) is 3.92. The van der Waals surface area contributed by atoms with Gasteiger partial charge in [-0.05, 0) is 19.1 Å². The number of nitrogens with zero attached hydrogens (tertiary/aromatic N) is 1. The molecule has 6 nitrogen and oxygen atoms in total. The van der Waals surface area contributed by atoms with Crippen LogP contribution >= 0.6 is 0 Å². The summed E-state index contributed by atoms with van der Waals surface area (Å²) in [5, 5.41) is 11.1. The number of rotatable bonds is 5. The Labute approximate surface area is 107 Å². The predicted molar refractivity (Wildman–Crippen MR) is 67.1 cm³/mol. The SMILES string of the molecule is CC(CNC(=O)c1ccc(C(=O)O)nc1)S(C)=O. The molecular weight excluding hydrogens is 256 g/mol. The summed E-state index contributed by atoms with van der Waals surface area (Å²) in [7, 11) is -1.00. The smallest absolute Gasteiger partial charge is 0.354 e. The Kier molecular flexibility index (Phi) is 4.96. The fourth-order valence-electron chi connectivity index (χ4n) is 1.11. The highest BCUT2D eigenvalue weighted by Crippen LogP contribution is 2.01. The van der Waals surface area contributed by atoms with E-state index in [4.69, 9.17) is 5.11 Å². The molecule has 0 bridgehead atoms. The highest BCUT2D eigenvalue weighted by Gasteiger charge is 2.11. The zero-order valence-electron chi connectivity index (χ0n) is 10.0. The first kappa shape index (κ1) is 14.3. The molecule has 0 spiro atoms. The molecule has 1 aromatic rings. The zero-order valence-corrected chi connectivity index (χ0v) is 10.9. The molecule has 0 aliphatic heterocycles. The molecule has 18 heavy (non-hydrogen) atoms. The largest absolute Gasteiger partial charge is 0.477 e. The van der Waals surface area contributed by atoms with Gasteiger partial charge in [-0.3, -0.25) is 9.00 Å². The van der Waals surface area contributed by atoms with Crippen LogP contribution in [-0.2, 0) is 10.8 Å².